The average Bonchev–Trinajstić information content (AvgIpc) is 3.03. The molecule has 0 bridgehead atoms. The van der Waals surface area contributed by atoms with Gasteiger partial charge in [0.2, 0.25) is 5.60 Å². The van der Waals surface area contributed by atoms with E-state index in [4.69, 9.17) is 4.74 Å². The number of rotatable bonds is 6. The molecule has 1 fully saturated rings. The van der Waals surface area contributed by atoms with Crippen LogP contribution in [0.4, 0.5) is 18.0 Å². The first-order chi connectivity index (χ1) is 13.1. The predicted octanol–water partition coefficient (Wildman–Crippen LogP) is 3.71. The maximum absolute atomic E-state index is 12.8. The van der Waals surface area contributed by atoms with Gasteiger partial charge in [-0.2, -0.15) is 13.2 Å². The Balaban J connectivity index is 2.92. The molecule has 1 aliphatic heterocycles. The molecule has 0 radical (unpaired) electrons. The first-order valence-corrected chi connectivity index (χ1v) is 9.57. The standard InChI is InChI=1S/C20H31F3N2O4/c1-7-9-14(13(2)12-24-16(26)19(6,28)20(21,22)23)15-10-8-11-25(15)17(27)29-18(3,4)5/h9,15,28H,2,7-8,10-12H2,1,3-6H3,(H,24,26)/b14-9+/t15-,19?/m0/s1. The van der Waals surface area contributed by atoms with E-state index in [0.717, 1.165) is 6.42 Å². The Labute approximate surface area is 169 Å². The zero-order valence-corrected chi connectivity index (χ0v) is 17.7. The van der Waals surface area contributed by atoms with Gasteiger partial charge in [-0.15, -0.1) is 0 Å². The number of alkyl halides is 3. The number of allylic oxidation sites excluding steroid dienone is 1. The average molecular weight is 420 g/mol. The number of carbonyl (C=O) groups is 2. The van der Waals surface area contributed by atoms with Gasteiger partial charge < -0.3 is 20.1 Å². The molecule has 1 saturated heterocycles. The van der Waals surface area contributed by atoms with Crippen molar-refractivity contribution in [3.05, 3.63) is 23.8 Å². The third kappa shape index (κ3) is 6.48. The summed E-state index contributed by atoms with van der Waals surface area (Å²) in [6, 6.07) is -0.336. The number of hydrogen-bond donors (Lipinski definition) is 2. The van der Waals surface area contributed by atoms with Crippen LogP contribution >= 0.6 is 0 Å². The fraction of sp³-hybridized carbons (Fsp3) is 0.700. The zero-order chi connectivity index (χ0) is 22.6. The minimum Gasteiger partial charge on any atom is -0.444 e. The summed E-state index contributed by atoms with van der Waals surface area (Å²) in [6.07, 6.45) is -1.73. The van der Waals surface area contributed by atoms with Crippen LogP contribution in [0.25, 0.3) is 0 Å². The van der Waals surface area contributed by atoms with Gasteiger partial charge in [-0.25, -0.2) is 4.79 Å². The van der Waals surface area contributed by atoms with Crippen LogP contribution in [0.2, 0.25) is 0 Å². The summed E-state index contributed by atoms with van der Waals surface area (Å²) in [5.74, 6) is -1.56. The summed E-state index contributed by atoms with van der Waals surface area (Å²) in [7, 11) is 0. The van der Waals surface area contributed by atoms with Gasteiger partial charge in [0, 0.05) is 13.1 Å². The van der Waals surface area contributed by atoms with Crippen LogP contribution < -0.4 is 5.32 Å². The van der Waals surface area contributed by atoms with Crippen molar-refractivity contribution in [2.45, 2.75) is 77.3 Å². The molecule has 0 saturated carbocycles. The minimum atomic E-state index is -5.10. The first kappa shape index (κ1) is 25.0. The highest BCUT2D eigenvalue weighted by Crippen LogP contribution is 2.31. The molecule has 166 valence electrons. The minimum absolute atomic E-state index is 0.282. The van der Waals surface area contributed by atoms with Gasteiger partial charge in [0.25, 0.3) is 5.91 Å². The van der Waals surface area contributed by atoms with E-state index in [0.29, 0.717) is 37.5 Å². The first-order valence-electron chi connectivity index (χ1n) is 9.57. The summed E-state index contributed by atoms with van der Waals surface area (Å²) in [4.78, 5) is 25.9. The molecule has 0 aliphatic carbocycles. The third-order valence-corrected chi connectivity index (χ3v) is 4.53. The molecular weight excluding hydrogens is 389 g/mol. The van der Waals surface area contributed by atoms with Crippen molar-refractivity contribution in [1.29, 1.82) is 0 Å². The lowest BCUT2D eigenvalue weighted by atomic mass is 9.96. The molecule has 0 aromatic heterocycles. The lowest BCUT2D eigenvalue weighted by Gasteiger charge is -2.31. The summed E-state index contributed by atoms with van der Waals surface area (Å²) in [6.45, 7) is 11.7. The predicted molar refractivity (Wildman–Crippen MR) is 103 cm³/mol. The number of hydrogen-bond acceptors (Lipinski definition) is 4. The molecule has 9 heteroatoms. The number of halogens is 3. The Morgan fingerprint density at radius 1 is 1.28 bits per heavy atom. The fourth-order valence-corrected chi connectivity index (χ4v) is 2.95. The molecule has 2 amide bonds. The molecule has 29 heavy (non-hydrogen) atoms. The van der Waals surface area contributed by atoms with E-state index >= 15 is 0 Å². The number of carbonyl (C=O) groups excluding carboxylic acids is 2. The van der Waals surface area contributed by atoms with E-state index in [-0.39, 0.29) is 12.6 Å². The van der Waals surface area contributed by atoms with Crippen molar-refractivity contribution in [2.24, 2.45) is 0 Å². The van der Waals surface area contributed by atoms with Crippen LogP contribution in [0.15, 0.2) is 23.8 Å². The second kappa shape index (κ2) is 9.19. The summed E-state index contributed by atoms with van der Waals surface area (Å²) in [5, 5.41) is 11.5. The summed E-state index contributed by atoms with van der Waals surface area (Å²) >= 11 is 0. The van der Waals surface area contributed by atoms with Crippen LogP contribution in [-0.2, 0) is 9.53 Å². The Morgan fingerprint density at radius 3 is 2.34 bits per heavy atom. The highest BCUT2D eigenvalue weighted by molar-refractivity contribution is 5.85. The number of nitrogens with one attached hydrogen (secondary N) is 1. The van der Waals surface area contributed by atoms with Crippen LogP contribution in [0.1, 0.15) is 53.9 Å². The van der Waals surface area contributed by atoms with E-state index in [9.17, 15) is 27.9 Å². The molecule has 1 rings (SSSR count). The molecule has 0 aromatic rings. The molecule has 2 N–H and O–H groups in total. The smallest absolute Gasteiger partial charge is 0.426 e. The van der Waals surface area contributed by atoms with Crippen molar-refractivity contribution in [3.8, 4) is 0 Å². The molecule has 2 atom stereocenters. The van der Waals surface area contributed by atoms with E-state index in [1.807, 2.05) is 13.0 Å². The van der Waals surface area contributed by atoms with Crippen LogP contribution in [-0.4, -0.2) is 58.5 Å². The molecular formula is C20H31F3N2O4. The Hall–Kier alpha value is -2.03. The van der Waals surface area contributed by atoms with Crippen molar-refractivity contribution in [2.75, 3.05) is 13.1 Å². The molecule has 1 heterocycles. The van der Waals surface area contributed by atoms with Gasteiger partial charge in [-0.05, 0) is 58.1 Å². The largest absolute Gasteiger partial charge is 0.444 e. The van der Waals surface area contributed by atoms with Gasteiger partial charge in [-0.1, -0.05) is 19.6 Å². The quantitative estimate of drug-likeness (QED) is 0.642. The zero-order valence-electron chi connectivity index (χ0n) is 17.7. The number of nitrogens with zero attached hydrogens (tertiary/aromatic N) is 1. The van der Waals surface area contributed by atoms with E-state index < -0.39 is 29.4 Å². The third-order valence-electron chi connectivity index (χ3n) is 4.53. The molecule has 1 aliphatic rings. The maximum atomic E-state index is 12.8. The lowest BCUT2D eigenvalue weighted by Crippen LogP contribution is -2.55. The van der Waals surface area contributed by atoms with Gasteiger partial charge in [0.15, 0.2) is 0 Å². The van der Waals surface area contributed by atoms with Crippen molar-refractivity contribution < 1.29 is 32.6 Å². The second-order valence-corrected chi connectivity index (χ2v) is 8.26. The summed E-state index contributed by atoms with van der Waals surface area (Å²) < 4.78 is 43.9. The molecule has 0 spiro atoms. The van der Waals surface area contributed by atoms with Gasteiger partial charge in [-0.3, -0.25) is 4.79 Å². The van der Waals surface area contributed by atoms with Crippen molar-refractivity contribution >= 4 is 12.0 Å². The monoisotopic (exact) mass is 420 g/mol. The SMILES string of the molecule is C=C(CNC(=O)C(C)(O)C(F)(F)F)/C(=C\CC)[C@@H]1CCCN1C(=O)OC(C)(C)C. The van der Waals surface area contributed by atoms with Crippen molar-refractivity contribution in [1.82, 2.24) is 10.2 Å². The maximum Gasteiger partial charge on any atom is 0.426 e. The van der Waals surface area contributed by atoms with E-state index in [1.165, 1.54) is 0 Å². The van der Waals surface area contributed by atoms with E-state index in [1.54, 1.807) is 25.7 Å². The topological polar surface area (TPSA) is 78.9 Å². The van der Waals surface area contributed by atoms with Crippen LogP contribution in [0.3, 0.4) is 0 Å². The van der Waals surface area contributed by atoms with Gasteiger partial charge in [0.05, 0.1) is 6.04 Å². The van der Waals surface area contributed by atoms with Crippen LogP contribution in [0.5, 0.6) is 0 Å². The molecule has 0 aromatic carbocycles. The van der Waals surface area contributed by atoms with Crippen LogP contribution in [0, 0.1) is 0 Å². The Kier molecular flexibility index (Phi) is 7.93. The number of likely N-dealkylation sites (tertiary alicyclic amines) is 1. The van der Waals surface area contributed by atoms with E-state index in [2.05, 4.69) is 11.9 Å². The number of ether oxygens (including phenoxy) is 1. The number of amides is 2. The molecule has 1 unspecified atom stereocenters. The molecule has 6 nitrogen and oxygen atoms in total. The van der Waals surface area contributed by atoms with Gasteiger partial charge in [0.1, 0.15) is 5.60 Å². The fourth-order valence-electron chi connectivity index (χ4n) is 2.95. The van der Waals surface area contributed by atoms with Gasteiger partial charge >= 0.3 is 12.3 Å². The number of aliphatic hydroxyl groups is 1. The Bertz CT molecular complexity index is 664. The van der Waals surface area contributed by atoms with Crippen molar-refractivity contribution in [3.63, 3.8) is 0 Å². The highest BCUT2D eigenvalue weighted by atomic mass is 19.4. The lowest BCUT2D eigenvalue weighted by molar-refractivity contribution is -0.245. The second-order valence-electron chi connectivity index (χ2n) is 8.26. The summed E-state index contributed by atoms with van der Waals surface area (Å²) in [5.41, 5.74) is -3.12. The Morgan fingerprint density at radius 2 is 1.86 bits per heavy atom. The highest BCUT2D eigenvalue weighted by Gasteiger charge is 2.55. The normalized spacial score (nSPS) is 20.2.